The largest absolute Gasteiger partial charge is 0.336 e. The number of aromatic nitrogens is 2. The van der Waals surface area contributed by atoms with Crippen LogP contribution in [0.5, 0.6) is 0 Å². The third-order valence-corrected chi connectivity index (χ3v) is 4.20. The Balaban J connectivity index is 1.54. The first kappa shape index (κ1) is 16.8. The van der Waals surface area contributed by atoms with Gasteiger partial charge in [0, 0.05) is 38.5 Å². The molecule has 7 nitrogen and oxygen atoms in total. The fourth-order valence-corrected chi connectivity index (χ4v) is 2.70. The number of carbonyl (C=O) groups is 2. The van der Waals surface area contributed by atoms with Gasteiger partial charge in [0.1, 0.15) is 5.69 Å². The summed E-state index contributed by atoms with van der Waals surface area (Å²) in [4.78, 5) is 43.8. The van der Waals surface area contributed by atoms with Crippen molar-refractivity contribution in [2.45, 2.75) is 6.92 Å². The van der Waals surface area contributed by atoms with E-state index < -0.39 is 5.69 Å². The van der Waals surface area contributed by atoms with Crippen LogP contribution in [0.15, 0.2) is 41.3 Å². The van der Waals surface area contributed by atoms with Crippen LogP contribution in [0, 0.1) is 6.92 Å². The molecule has 2 heterocycles. The Kier molecular flexibility index (Phi) is 4.83. The molecule has 0 unspecified atom stereocenters. The Bertz CT molecular complexity index is 840. The minimum Gasteiger partial charge on any atom is -0.336 e. The second kappa shape index (κ2) is 7.21. The van der Waals surface area contributed by atoms with Crippen molar-refractivity contribution >= 4 is 17.9 Å². The average molecular weight is 340 g/mol. The molecule has 0 radical (unpaired) electrons. The summed E-state index contributed by atoms with van der Waals surface area (Å²) in [7, 11) is 0. The predicted octanol–water partition coefficient (Wildman–Crippen LogP) is 1.01. The van der Waals surface area contributed by atoms with Crippen LogP contribution in [0.2, 0.25) is 0 Å². The van der Waals surface area contributed by atoms with Gasteiger partial charge in [0.2, 0.25) is 5.91 Å². The Morgan fingerprint density at radius 3 is 2.28 bits per heavy atom. The lowest BCUT2D eigenvalue weighted by Crippen LogP contribution is -2.50. The number of aromatic amines is 2. The number of hydrogen-bond acceptors (Lipinski definition) is 3. The molecule has 1 aliphatic heterocycles. The van der Waals surface area contributed by atoms with E-state index in [-0.39, 0.29) is 17.5 Å². The maximum Gasteiger partial charge on any atom is 0.323 e. The first-order valence-electron chi connectivity index (χ1n) is 8.13. The van der Waals surface area contributed by atoms with Gasteiger partial charge in [-0.2, -0.15) is 0 Å². The normalized spacial score (nSPS) is 14.9. The zero-order valence-corrected chi connectivity index (χ0v) is 14.0. The molecule has 1 saturated heterocycles. The number of imidazole rings is 1. The van der Waals surface area contributed by atoms with E-state index in [1.807, 2.05) is 31.2 Å². The van der Waals surface area contributed by atoms with E-state index >= 15 is 0 Å². The monoisotopic (exact) mass is 340 g/mol. The molecule has 2 amide bonds. The summed E-state index contributed by atoms with van der Waals surface area (Å²) >= 11 is 0. The quantitative estimate of drug-likeness (QED) is 0.817. The second-order valence-corrected chi connectivity index (χ2v) is 6.02. The topological polar surface area (TPSA) is 89.3 Å². The minimum absolute atomic E-state index is 0.0669. The first-order chi connectivity index (χ1) is 12.0. The van der Waals surface area contributed by atoms with Crippen molar-refractivity contribution < 1.29 is 9.59 Å². The summed E-state index contributed by atoms with van der Waals surface area (Å²) < 4.78 is 0. The van der Waals surface area contributed by atoms with Crippen LogP contribution in [0.3, 0.4) is 0 Å². The highest BCUT2D eigenvalue weighted by Gasteiger charge is 2.24. The van der Waals surface area contributed by atoms with Gasteiger partial charge < -0.3 is 19.8 Å². The lowest BCUT2D eigenvalue weighted by molar-refractivity contribution is -0.127. The number of benzene rings is 1. The average Bonchev–Trinajstić information content (AvgIpc) is 3.07. The van der Waals surface area contributed by atoms with Gasteiger partial charge in [-0.25, -0.2) is 4.79 Å². The maximum atomic E-state index is 12.3. The lowest BCUT2D eigenvalue weighted by Gasteiger charge is -2.34. The Morgan fingerprint density at radius 2 is 1.68 bits per heavy atom. The van der Waals surface area contributed by atoms with Crippen LogP contribution in [0.4, 0.5) is 0 Å². The van der Waals surface area contributed by atoms with Crippen molar-refractivity contribution in [2.24, 2.45) is 0 Å². The third kappa shape index (κ3) is 4.06. The van der Waals surface area contributed by atoms with Crippen LogP contribution < -0.4 is 5.69 Å². The van der Waals surface area contributed by atoms with Gasteiger partial charge in [0.15, 0.2) is 0 Å². The fourth-order valence-electron chi connectivity index (χ4n) is 2.70. The van der Waals surface area contributed by atoms with E-state index in [1.165, 1.54) is 11.8 Å². The number of nitrogens with one attached hydrogen (secondary N) is 2. The van der Waals surface area contributed by atoms with Gasteiger partial charge in [0.05, 0.1) is 0 Å². The van der Waals surface area contributed by atoms with E-state index in [1.54, 1.807) is 22.0 Å². The molecule has 7 heteroatoms. The SMILES string of the molecule is Cc1ccc(/C=C\C(=O)N2CCN(C(=O)c3c[nH]c(=O)[nH]3)CC2)cc1. The molecule has 1 aromatic carbocycles. The minimum atomic E-state index is -0.404. The Labute approximate surface area is 145 Å². The summed E-state index contributed by atoms with van der Waals surface area (Å²) in [5.41, 5.74) is 1.99. The number of H-pyrrole nitrogens is 2. The van der Waals surface area contributed by atoms with Crippen LogP contribution >= 0.6 is 0 Å². The van der Waals surface area contributed by atoms with E-state index in [4.69, 9.17) is 0 Å². The summed E-state index contributed by atoms with van der Waals surface area (Å²) in [6.07, 6.45) is 4.72. The summed E-state index contributed by atoms with van der Waals surface area (Å²) in [6.45, 7) is 3.84. The van der Waals surface area contributed by atoms with Gasteiger partial charge in [-0.15, -0.1) is 0 Å². The molecule has 0 spiro atoms. The summed E-state index contributed by atoms with van der Waals surface area (Å²) in [5.74, 6) is -0.302. The second-order valence-electron chi connectivity index (χ2n) is 6.02. The number of amides is 2. The molecule has 0 aliphatic carbocycles. The molecule has 0 bridgehead atoms. The summed E-state index contributed by atoms with van der Waals surface area (Å²) in [5, 5.41) is 0. The molecule has 0 saturated carbocycles. The first-order valence-corrected chi connectivity index (χ1v) is 8.13. The number of piperazine rings is 1. The molecular weight excluding hydrogens is 320 g/mol. The van der Waals surface area contributed by atoms with Crippen LogP contribution in [0.1, 0.15) is 21.6 Å². The highest BCUT2D eigenvalue weighted by atomic mass is 16.2. The maximum absolute atomic E-state index is 12.3. The Hall–Kier alpha value is -3.09. The highest BCUT2D eigenvalue weighted by Crippen LogP contribution is 2.09. The smallest absolute Gasteiger partial charge is 0.323 e. The van der Waals surface area contributed by atoms with Gasteiger partial charge >= 0.3 is 5.69 Å². The zero-order chi connectivity index (χ0) is 17.8. The van der Waals surface area contributed by atoms with Crippen molar-refractivity contribution in [3.63, 3.8) is 0 Å². The van der Waals surface area contributed by atoms with Gasteiger partial charge in [0.25, 0.3) is 5.91 Å². The van der Waals surface area contributed by atoms with Crippen molar-refractivity contribution in [1.29, 1.82) is 0 Å². The van der Waals surface area contributed by atoms with Crippen LogP contribution in [-0.2, 0) is 4.79 Å². The number of carbonyl (C=O) groups excluding carboxylic acids is 2. The Morgan fingerprint density at radius 1 is 1.04 bits per heavy atom. The molecule has 25 heavy (non-hydrogen) atoms. The van der Waals surface area contributed by atoms with Crippen LogP contribution in [0.25, 0.3) is 6.08 Å². The lowest BCUT2D eigenvalue weighted by atomic mass is 10.1. The van der Waals surface area contributed by atoms with Crippen molar-refractivity contribution in [3.8, 4) is 0 Å². The molecule has 1 aliphatic rings. The standard InChI is InChI=1S/C18H20N4O3/c1-13-2-4-14(5-3-13)6-7-16(23)21-8-10-22(11-9-21)17(24)15-12-19-18(25)20-15/h2-7,12H,8-11H2,1H3,(H2,19,20,25)/b7-6-. The van der Waals surface area contributed by atoms with Crippen LogP contribution in [-0.4, -0.2) is 57.8 Å². The molecule has 2 aromatic rings. The molecular formula is C18H20N4O3. The van der Waals surface area contributed by atoms with Gasteiger partial charge in [-0.1, -0.05) is 29.8 Å². The predicted molar refractivity (Wildman–Crippen MR) is 94.1 cm³/mol. The molecule has 0 atom stereocenters. The van der Waals surface area contributed by atoms with E-state index in [0.717, 1.165) is 5.56 Å². The van der Waals surface area contributed by atoms with Gasteiger partial charge in [-0.05, 0) is 18.6 Å². The van der Waals surface area contributed by atoms with E-state index in [2.05, 4.69) is 9.97 Å². The zero-order valence-electron chi connectivity index (χ0n) is 14.0. The number of rotatable bonds is 3. The van der Waals surface area contributed by atoms with E-state index in [9.17, 15) is 14.4 Å². The molecule has 1 aromatic heterocycles. The number of nitrogens with zero attached hydrogens (tertiary/aromatic N) is 2. The molecule has 130 valence electrons. The molecule has 3 rings (SSSR count). The van der Waals surface area contributed by atoms with Gasteiger partial charge in [-0.3, -0.25) is 9.59 Å². The van der Waals surface area contributed by atoms with Crippen molar-refractivity contribution in [3.05, 3.63) is 63.8 Å². The highest BCUT2D eigenvalue weighted by molar-refractivity contribution is 5.93. The van der Waals surface area contributed by atoms with E-state index in [0.29, 0.717) is 26.2 Å². The fraction of sp³-hybridized carbons (Fsp3) is 0.278. The molecule has 2 N–H and O–H groups in total. The summed E-state index contributed by atoms with van der Waals surface area (Å²) in [6, 6.07) is 7.93. The van der Waals surface area contributed by atoms with Crippen molar-refractivity contribution in [2.75, 3.05) is 26.2 Å². The third-order valence-electron chi connectivity index (χ3n) is 4.20. The molecule has 1 fully saturated rings. The van der Waals surface area contributed by atoms with Crippen molar-refractivity contribution in [1.82, 2.24) is 19.8 Å². The number of aryl methyl sites for hydroxylation is 1. The number of hydrogen-bond donors (Lipinski definition) is 2.